The van der Waals surface area contributed by atoms with E-state index in [2.05, 4.69) is 10.6 Å². The predicted molar refractivity (Wildman–Crippen MR) is 96.0 cm³/mol. The number of nitrogens with one attached hydrogen (secondary N) is 2. The highest BCUT2D eigenvalue weighted by atomic mass is 19.1. The Morgan fingerprint density at radius 3 is 2.46 bits per heavy atom. The van der Waals surface area contributed by atoms with Crippen LogP contribution in [0.3, 0.4) is 0 Å². The number of carbonyl (C=O) groups is 3. The molecule has 0 spiro atoms. The van der Waals surface area contributed by atoms with Gasteiger partial charge in [-0.2, -0.15) is 0 Å². The Morgan fingerprint density at radius 2 is 1.79 bits per heavy atom. The van der Waals surface area contributed by atoms with Crippen molar-refractivity contribution in [1.29, 1.82) is 0 Å². The summed E-state index contributed by atoms with van der Waals surface area (Å²) >= 11 is 0. The fraction of sp³-hybridized carbons (Fsp3) is 0.167. The number of amides is 2. The zero-order valence-electron chi connectivity index (χ0n) is 14.7. The van der Waals surface area contributed by atoms with Crippen LogP contribution in [0.1, 0.15) is 17.3 Å². The van der Waals surface area contributed by atoms with E-state index in [0.29, 0.717) is 0 Å². The molecule has 0 saturated heterocycles. The molecule has 9 nitrogen and oxygen atoms in total. The van der Waals surface area contributed by atoms with Crippen LogP contribution >= 0.6 is 0 Å². The average molecular weight is 389 g/mol. The lowest BCUT2D eigenvalue weighted by Gasteiger charge is -2.14. The van der Waals surface area contributed by atoms with Crippen molar-refractivity contribution < 1.29 is 28.4 Å². The monoisotopic (exact) mass is 389 g/mol. The summed E-state index contributed by atoms with van der Waals surface area (Å²) in [6.45, 7) is 0.678. The van der Waals surface area contributed by atoms with Crippen LogP contribution in [-0.4, -0.2) is 35.4 Å². The second-order valence-corrected chi connectivity index (χ2v) is 5.56. The van der Waals surface area contributed by atoms with Gasteiger partial charge in [-0.1, -0.05) is 24.3 Å². The molecule has 146 valence electrons. The SMILES string of the molecule is C[C@@H](OC(=O)CNC(=O)c1ccccc1F)C(=O)Nc1ccccc1[N+](=O)[O-]. The first-order valence-corrected chi connectivity index (χ1v) is 8.06. The molecule has 0 aliphatic heterocycles. The Hall–Kier alpha value is -3.82. The van der Waals surface area contributed by atoms with Gasteiger partial charge in [0.15, 0.2) is 6.10 Å². The Labute approximate surface area is 158 Å². The van der Waals surface area contributed by atoms with Gasteiger partial charge in [0, 0.05) is 6.07 Å². The Balaban J connectivity index is 1.88. The van der Waals surface area contributed by atoms with Crippen molar-refractivity contribution >= 4 is 29.2 Å². The summed E-state index contributed by atoms with van der Waals surface area (Å²) in [6, 6.07) is 10.7. The van der Waals surface area contributed by atoms with Crippen LogP contribution in [0.4, 0.5) is 15.8 Å². The molecular weight excluding hydrogens is 373 g/mol. The van der Waals surface area contributed by atoms with E-state index in [1.165, 1.54) is 49.4 Å². The molecule has 0 radical (unpaired) electrons. The Bertz CT molecular complexity index is 918. The summed E-state index contributed by atoms with van der Waals surface area (Å²) < 4.78 is 18.4. The van der Waals surface area contributed by atoms with Crippen LogP contribution in [0.25, 0.3) is 0 Å². The third-order valence-corrected chi connectivity index (χ3v) is 3.55. The zero-order valence-corrected chi connectivity index (χ0v) is 14.7. The first-order valence-electron chi connectivity index (χ1n) is 8.06. The number of para-hydroxylation sites is 2. The molecule has 0 aliphatic rings. The molecule has 0 saturated carbocycles. The smallest absolute Gasteiger partial charge is 0.326 e. The molecule has 0 heterocycles. The summed E-state index contributed by atoms with van der Waals surface area (Å²) in [5.74, 6) is -3.28. The molecule has 2 N–H and O–H groups in total. The maximum absolute atomic E-state index is 13.5. The summed E-state index contributed by atoms with van der Waals surface area (Å²) in [5.41, 5.74) is -0.600. The van der Waals surface area contributed by atoms with Crippen LogP contribution in [0, 0.1) is 15.9 Å². The molecule has 0 bridgehead atoms. The van der Waals surface area contributed by atoms with Gasteiger partial charge < -0.3 is 15.4 Å². The largest absolute Gasteiger partial charge is 0.451 e. The van der Waals surface area contributed by atoms with Crippen molar-refractivity contribution in [3.05, 3.63) is 70.0 Å². The number of carbonyl (C=O) groups excluding carboxylic acids is 3. The van der Waals surface area contributed by atoms with Gasteiger partial charge in [0.1, 0.15) is 18.0 Å². The van der Waals surface area contributed by atoms with Crippen LogP contribution in [-0.2, 0) is 14.3 Å². The van der Waals surface area contributed by atoms with E-state index in [1.54, 1.807) is 0 Å². The molecule has 1 atom stereocenters. The third-order valence-electron chi connectivity index (χ3n) is 3.55. The number of anilines is 1. The van der Waals surface area contributed by atoms with Crippen LogP contribution in [0.15, 0.2) is 48.5 Å². The molecule has 2 amide bonds. The first kappa shape index (κ1) is 20.5. The van der Waals surface area contributed by atoms with Gasteiger partial charge in [-0.15, -0.1) is 0 Å². The molecular formula is C18H16FN3O6. The summed E-state index contributed by atoms with van der Waals surface area (Å²) in [4.78, 5) is 46.0. The van der Waals surface area contributed by atoms with Crippen molar-refractivity contribution in [2.75, 3.05) is 11.9 Å². The van der Waals surface area contributed by atoms with Crippen LogP contribution in [0.2, 0.25) is 0 Å². The molecule has 10 heteroatoms. The van der Waals surface area contributed by atoms with Crippen molar-refractivity contribution in [3.8, 4) is 0 Å². The van der Waals surface area contributed by atoms with Gasteiger partial charge in [-0.25, -0.2) is 4.39 Å². The Kier molecular flexibility index (Phi) is 6.74. The highest BCUT2D eigenvalue weighted by Gasteiger charge is 2.22. The number of rotatable bonds is 7. The number of ether oxygens (including phenoxy) is 1. The van der Waals surface area contributed by atoms with Crippen LogP contribution < -0.4 is 10.6 Å². The molecule has 2 aromatic carbocycles. The number of hydrogen-bond donors (Lipinski definition) is 2. The number of hydrogen-bond acceptors (Lipinski definition) is 6. The number of nitrogens with zero attached hydrogens (tertiary/aromatic N) is 1. The minimum Gasteiger partial charge on any atom is -0.451 e. The normalized spacial score (nSPS) is 11.2. The van der Waals surface area contributed by atoms with E-state index in [9.17, 15) is 28.9 Å². The van der Waals surface area contributed by atoms with Gasteiger partial charge in [0.2, 0.25) is 0 Å². The summed E-state index contributed by atoms with van der Waals surface area (Å²) in [6.07, 6.45) is -1.28. The van der Waals surface area contributed by atoms with Crippen LogP contribution in [0.5, 0.6) is 0 Å². The fourth-order valence-corrected chi connectivity index (χ4v) is 2.16. The minimum atomic E-state index is -1.28. The standard InChI is InChI=1S/C18H16FN3O6/c1-11(17(24)21-14-8-4-5-9-15(14)22(26)27)28-16(23)10-20-18(25)12-6-2-3-7-13(12)19/h2-9,11H,10H2,1H3,(H,20,25)(H,21,24)/t11-/m1/s1. The zero-order chi connectivity index (χ0) is 20.7. The number of esters is 1. The molecule has 0 fully saturated rings. The highest BCUT2D eigenvalue weighted by molar-refractivity contribution is 5.98. The van der Waals surface area contributed by atoms with Crippen molar-refractivity contribution in [2.45, 2.75) is 13.0 Å². The van der Waals surface area contributed by atoms with Crippen molar-refractivity contribution in [2.24, 2.45) is 0 Å². The lowest BCUT2D eigenvalue weighted by molar-refractivity contribution is -0.383. The molecule has 0 aromatic heterocycles. The lowest BCUT2D eigenvalue weighted by atomic mass is 10.2. The maximum Gasteiger partial charge on any atom is 0.326 e. The third kappa shape index (κ3) is 5.34. The topological polar surface area (TPSA) is 128 Å². The molecule has 28 heavy (non-hydrogen) atoms. The van der Waals surface area contributed by atoms with Gasteiger partial charge in [-0.3, -0.25) is 24.5 Å². The van der Waals surface area contributed by atoms with E-state index in [0.717, 1.165) is 6.07 Å². The molecule has 0 unspecified atom stereocenters. The second-order valence-electron chi connectivity index (χ2n) is 5.56. The minimum absolute atomic E-state index is 0.0479. The van der Waals surface area contributed by atoms with Crippen molar-refractivity contribution in [3.63, 3.8) is 0 Å². The number of benzene rings is 2. The van der Waals surface area contributed by atoms with Crippen molar-refractivity contribution in [1.82, 2.24) is 5.32 Å². The van der Waals surface area contributed by atoms with E-state index in [-0.39, 0.29) is 16.9 Å². The summed E-state index contributed by atoms with van der Waals surface area (Å²) in [5, 5.41) is 15.4. The molecule has 0 aliphatic carbocycles. The van der Waals surface area contributed by atoms with Gasteiger partial charge in [0.05, 0.1) is 10.5 Å². The Morgan fingerprint density at radius 1 is 1.14 bits per heavy atom. The first-order chi connectivity index (χ1) is 13.3. The maximum atomic E-state index is 13.5. The summed E-state index contributed by atoms with van der Waals surface area (Å²) in [7, 11) is 0. The second kappa shape index (κ2) is 9.21. The molecule has 2 aromatic rings. The number of halogens is 1. The van der Waals surface area contributed by atoms with E-state index < -0.39 is 41.2 Å². The lowest BCUT2D eigenvalue weighted by Crippen LogP contribution is -2.36. The number of nitro benzene ring substituents is 1. The van der Waals surface area contributed by atoms with Gasteiger partial charge >= 0.3 is 5.97 Å². The average Bonchev–Trinajstić information content (AvgIpc) is 2.66. The van der Waals surface area contributed by atoms with Gasteiger partial charge in [0.25, 0.3) is 17.5 Å². The van der Waals surface area contributed by atoms with E-state index in [1.807, 2.05) is 0 Å². The van der Waals surface area contributed by atoms with Gasteiger partial charge in [-0.05, 0) is 25.1 Å². The predicted octanol–water partition coefficient (Wildman–Crippen LogP) is 2.03. The number of nitro groups is 1. The quantitative estimate of drug-likeness (QED) is 0.424. The van der Waals surface area contributed by atoms with E-state index >= 15 is 0 Å². The molecule has 2 rings (SSSR count). The van der Waals surface area contributed by atoms with E-state index in [4.69, 9.17) is 4.74 Å². The fourth-order valence-electron chi connectivity index (χ4n) is 2.16. The highest BCUT2D eigenvalue weighted by Crippen LogP contribution is 2.23.